The van der Waals surface area contributed by atoms with Crippen LogP contribution in [-0.2, 0) is 6.54 Å². The molecule has 2 heterocycles. The van der Waals surface area contributed by atoms with Crippen molar-refractivity contribution >= 4 is 33.9 Å². The first-order valence-corrected chi connectivity index (χ1v) is 6.83. The number of rotatable bonds is 4. The van der Waals surface area contributed by atoms with Gasteiger partial charge in [-0.25, -0.2) is 15.0 Å². The number of aromatic nitrogens is 3. The Labute approximate surface area is 127 Å². The predicted molar refractivity (Wildman–Crippen MR) is 87.0 cm³/mol. The molecule has 1 aromatic carbocycles. The molecule has 0 saturated carbocycles. The van der Waals surface area contributed by atoms with Crippen LogP contribution in [0.25, 0.3) is 10.9 Å². The average molecular weight is 295 g/mol. The molecule has 3 aromatic rings. The van der Waals surface area contributed by atoms with E-state index in [1.807, 2.05) is 36.4 Å². The molecular formula is C15H13N5S. The first-order valence-electron chi connectivity index (χ1n) is 6.42. The molecule has 104 valence electrons. The third-order valence-electron chi connectivity index (χ3n) is 3.07. The molecule has 6 heteroatoms. The quantitative estimate of drug-likeness (QED) is 0.719. The molecule has 3 rings (SSSR count). The number of benzene rings is 1. The average Bonchev–Trinajstić information content (AvgIpc) is 2.53. The minimum absolute atomic E-state index is 0.318. The van der Waals surface area contributed by atoms with Crippen LogP contribution in [0.2, 0.25) is 0 Å². The minimum Gasteiger partial charge on any atom is -0.389 e. The second-order valence-corrected chi connectivity index (χ2v) is 4.94. The third kappa shape index (κ3) is 2.95. The van der Waals surface area contributed by atoms with Crippen LogP contribution in [0.4, 0.5) is 5.82 Å². The summed E-state index contributed by atoms with van der Waals surface area (Å²) < 4.78 is 0. The van der Waals surface area contributed by atoms with Gasteiger partial charge in [-0.05, 0) is 18.2 Å². The maximum Gasteiger partial charge on any atom is 0.137 e. The van der Waals surface area contributed by atoms with Gasteiger partial charge in [0, 0.05) is 11.6 Å². The topological polar surface area (TPSA) is 76.7 Å². The number of nitrogens with zero attached hydrogens (tertiary/aromatic N) is 3. The number of nitrogens with one attached hydrogen (secondary N) is 1. The summed E-state index contributed by atoms with van der Waals surface area (Å²) in [6, 6.07) is 11.6. The number of anilines is 1. The summed E-state index contributed by atoms with van der Waals surface area (Å²) in [7, 11) is 0. The van der Waals surface area contributed by atoms with Crippen LogP contribution in [0.5, 0.6) is 0 Å². The zero-order valence-corrected chi connectivity index (χ0v) is 12.0. The molecule has 0 aliphatic heterocycles. The van der Waals surface area contributed by atoms with Crippen LogP contribution in [0.15, 0.2) is 48.9 Å². The van der Waals surface area contributed by atoms with E-state index in [2.05, 4.69) is 20.3 Å². The fraction of sp³-hybridized carbons (Fsp3) is 0.0667. The Bertz CT molecular complexity index is 788. The first kappa shape index (κ1) is 13.4. The van der Waals surface area contributed by atoms with Gasteiger partial charge in [0.15, 0.2) is 0 Å². The second-order valence-electron chi connectivity index (χ2n) is 4.50. The first-order chi connectivity index (χ1) is 10.2. The van der Waals surface area contributed by atoms with E-state index in [0.29, 0.717) is 17.4 Å². The number of pyridine rings is 1. The third-order valence-corrected chi connectivity index (χ3v) is 3.29. The molecule has 0 spiro atoms. The predicted octanol–water partition coefficient (Wildman–Crippen LogP) is 2.27. The monoisotopic (exact) mass is 295 g/mol. The van der Waals surface area contributed by atoms with Crippen molar-refractivity contribution in [3.8, 4) is 0 Å². The molecule has 0 aliphatic rings. The summed E-state index contributed by atoms with van der Waals surface area (Å²) in [6.45, 7) is 0.531. The Morgan fingerprint density at radius 3 is 2.86 bits per heavy atom. The van der Waals surface area contributed by atoms with E-state index in [-0.39, 0.29) is 0 Å². The normalized spacial score (nSPS) is 10.5. The van der Waals surface area contributed by atoms with Crippen molar-refractivity contribution in [3.05, 3.63) is 60.2 Å². The number of hydrogen-bond acceptors (Lipinski definition) is 5. The number of hydrogen-bond donors (Lipinski definition) is 2. The number of thiocarbonyl (C=S) groups is 1. The molecule has 2 aromatic heterocycles. The summed E-state index contributed by atoms with van der Waals surface area (Å²) >= 11 is 5.12. The van der Waals surface area contributed by atoms with Crippen LogP contribution in [0.3, 0.4) is 0 Å². The number of para-hydroxylation sites is 1. The highest BCUT2D eigenvalue weighted by atomic mass is 32.1. The summed E-state index contributed by atoms with van der Waals surface area (Å²) in [5.74, 6) is 0.666. The van der Waals surface area contributed by atoms with E-state index >= 15 is 0 Å². The van der Waals surface area contributed by atoms with Crippen LogP contribution < -0.4 is 11.1 Å². The molecule has 5 nitrogen and oxygen atoms in total. The molecule has 0 aliphatic carbocycles. The number of fused-ring (bicyclic) bond motifs is 1. The smallest absolute Gasteiger partial charge is 0.137 e. The lowest BCUT2D eigenvalue weighted by atomic mass is 10.1. The zero-order chi connectivity index (χ0) is 14.7. The highest BCUT2D eigenvalue weighted by molar-refractivity contribution is 7.80. The molecular weight excluding hydrogens is 282 g/mol. The van der Waals surface area contributed by atoms with Crippen molar-refractivity contribution in [1.82, 2.24) is 15.0 Å². The fourth-order valence-electron chi connectivity index (χ4n) is 2.04. The Hall–Kier alpha value is -2.60. The van der Waals surface area contributed by atoms with Gasteiger partial charge in [-0.2, -0.15) is 0 Å². The van der Waals surface area contributed by atoms with Gasteiger partial charge in [-0.3, -0.25) is 0 Å². The molecule has 0 atom stereocenters. The molecule has 0 unspecified atom stereocenters. The van der Waals surface area contributed by atoms with Gasteiger partial charge < -0.3 is 11.1 Å². The fourth-order valence-corrected chi connectivity index (χ4v) is 2.19. The SMILES string of the molecule is NC(=S)c1cc2ccccc2nc1NCc1ccncn1. The Morgan fingerprint density at radius 2 is 2.10 bits per heavy atom. The summed E-state index contributed by atoms with van der Waals surface area (Å²) in [4.78, 5) is 13.0. The molecule has 0 saturated heterocycles. The molecule has 0 radical (unpaired) electrons. The Kier molecular flexibility index (Phi) is 3.70. The summed E-state index contributed by atoms with van der Waals surface area (Å²) in [5.41, 5.74) is 8.30. The van der Waals surface area contributed by atoms with Crippen molar-refractivity contribution in [2.24, 2.45) is 5.73 Å². The maximum absolute atomic E-state index is 5.80. The van der Waals surface area contributed by atoms with E-state index in [4.69, 9.17) is 18.0 Å². The van der Waals surface area contributed by atoms with E-state index in [9.17, 15) is 0 Å². The van der Waals surface area contributed by atoms with E-state index in [1.54, 1.807) is 6.20 Å². The van der Waals surface area contributed by atoms with Crippen molar-refractivity contribution in [2.75, 3.05) is 5.32 Å². The largest absolute Gasteiger partial charge is 0.389 e. The van der Waals surface area contributed by atoms with E-state index < -0.39 is 0 Å². The van der Waals surface area contributed by atoms with Gasteiger partial charge in [0.25, 0.3) is 0 Å². The van der Waals surface area contributed by atoms with Crippen molar-refractivity contribution < 1.29 is 0 Å². The molecule has 3 N–H and O–H groups in total. The molecule has 21 heavy (non-hydrogen) atoms. The van der Waals surface area contributed by atoms with Crippen LogP contribution in [-0.4, -0.2) is 19.9 Å². The summed E-state index contributed by atoms with van der Waals surface area (Å²) in [5, 5.41) is 4.24. The lowest BCUT2D eigenvalue weighted by Crippen LogP contribution is -2.15. The zero-order valence-electron chi connectivity index (χ0n) is 11.2. The van der Waals surface area contributed by atoms with Gasteiger partial charge in [-0.1, -0.05) is 30.4 Å². The standard InChI is InChI=1S/C15H13N5S/c16-14(21)12-7-10-3-1-2-4-13(10)20-15(12)18-8-11-5-6-17-9-19-11/h1-7,9H,8H2,(H2,16,21)(H,18,20). The molecule has 0 bridgehead atoms. The van der Waals surface area contributed by atoms with E-state index in [0.717, 1.165) is 22.2 Å². The lowest BCUT2D eigenvalue weighted by molar-refractivity contribution is 0.998. The highest BCUT2D eigenvalue weighted by Crippen LogP contribution is 2.20. The van der Waals surface area contributed by atoms with Crippen molar-refractivity contribution in [1.29, 1.82) is 0 Å². The van der Waals surface area contributed by atoms with Gasteiger partial charge in [-0.15, -0.1) is 0 Å². The lowest BCUT2D eigenvalue weighted by Gasteiger charge is -2.11. The highest BCUT2D eigenvalue weighted by Gasteiger charge is 2.09. The second kappa shape index (κ2) is 5.80. The molecule has 0 amide bonds. The van der Waals surface area contributed by atoms with Gasteiger partial charge in [0.05, 0.1) is 23.3 Å². The van der Waals surface area contributed by atoms with Crippen molar-refractivity contribution in [2.45, 2.75) is 6.54 Å². The molecule has 0 fully saturated rings. The Morgan fingerprint density at radius 1 is 1.24 bits per heavy atom. The van der Waals surface area contributed by atoms with Gasteiger partial charge in [0.1, 0.15) is 17.1 Å². The van der Waals surface area contributed by atoms with Crippen LogP contribution >= 0.6 is 12.2 Å². The Balaban J connectivity index is 1.96. The number of nitrogens with two attached hydrogens (primary N) is 1. The van der Waals surface area contributed by atoms with Crippen LogP contribution in [0, 0.1) is 0 Å². The van der Waals surface area contributed by atoms with Gasteiger partial charge in [0.2, 0.25) is 0 Å². The summed E-state index contributed by atoms with van der Waals surface area (Å²) in [6.07, 6.45) is 3.21. The van der Waals surface area contributed by atoms with Gasteiger partial charge >= 0.3 is 0 Å². The van der Waals surface area contributed by atoms with Crippen molar-refractivity contribution in [3.63, 3.8) is 0 Å². The maximum atomic E-state index is 5.80. The van der Waals surface area contributed by atoms with E-state index in [1.165, 1.54) is 6.33 Å². The minimum atomic E-state index is 0.318. The van der Waals surface area contributed by atoms with Crippen LogP contribution in [0.1, 0.15) is 11.3 Å².